The Morgan fingerprint density at radius 2 is 1.50 bits per heavy atom. The summed E-state index contributed by atoms with van der Waals surface area (Å²) < 4.78 is 5.81. The minimum Gasteiger partial charge on any atom is -0.484 e. The fourth-order valence-corrected chi connectivity index (χ4v) is 3.53. The van der Waals surface area contributed by atoms with Crippen molar-refractivity contribution in [2.45, 2.75) is 32.9 Å². The summed E-state index contributed by atoms with van der Waals surface area (Å²) in [6.07, 6.45) is 0.419. The molecule has 2 amide bonds. The second-order valence-electron chi connectivity index (χ2n) is 7.86. The lowest BCUT2D eigenvalue weighted by molar-refractivity contribution is -0.142. The Bertz CT molecular complexity index is 1040. The molecular weight excluding hydrogens is 400 g/mol. The molecule has 5 nitrogen and oxygen atoms in total. The number of likely N-dealkylation sites (N-methyl/N-ethyl adjacent to an activating group) is 1. The highest BCUT2D eigenvalue weighted by Crippen LogP contribution is 2.18. The van der Waals surface area contributed by atoms with Crippen LogP contribution in [0.25, 0.3) is 0 Å². The zero-order valence-electron chi connectivity index (χ0n) is 18.9. The lowest BCUT2D eigenvalue weighted by Crippen LogP contribution is -2.51. The summed E-state index contributed by atoms with van der Waals surface area (Å²) in [5.74, 6) is 0.196. The molecule has 3 rings (SSSR count). The molecule has 1 atom stereocenters. The average molecular weight is 431 g/mol. The largest absolute Gasteiger partial charge is 0.484 e. The molecule has 0 bridgehead atoms. The van der Waals surface area contributed by atoms with E-state index < -0.39 is 6.04 Å². The van der Waals surface area contributed by atoms with Crippen LogP contribution in [-0.2, 0) is 22.6 Å². The molecule has 0 fully saturated rings. The van der Waals surface area contributed by atoms with Crippen LogP contribution in [0, 0.1) is 13.8 Å². The molecule has 1 N–H and O–H groups in total. The Kier molecular flexibility index (Phi) is 8.03. The fraction of sp³-hybridized carbons (Fsp3) is 0.259. The van der Waals surface area contributed by atoms with Crippen molar-refractivity contribution >= 4 is 11.8 Å². The summed E-state index contributed by atoms with van der Waals surface area (Å²) in [7, 11) is 1.59. The van der Waals surface area contributed by atoms with Crippen LogP contribution in [0.1, 0.15) is 22.3 Å². The first kappa shape index (κ1) is 23.1. The third-order valence-electron chi connectivity index (χ3n) is 5.55. The number of carbonyl (C=O) groups is 2. The van der Waals surface area contributed by atoms with Gasteiger partial charge in [-0.05, 0) is 48.2 Å². The molecule has 0 unspecified atom stereocenters. The van der Waals surface area contributed by atoms with E-state index in [1.165, 1.54) is 0 Å². The highest BCUT2D eigenvalue weighted by molar-refractivity contribution is 5.88. The molecule has 0 radical (unpaired) electrons. The fourth-order valence-electron chi connectivity index (χ4n) is 3.53. The predicted octanol–water partition coefficient (Wildman–Crippen LogP) is 4.07. The molecule has 0 aliphatic carbocycles. The zero-order chi connectivity index (χ0) is 22.9. The molecule has 32 heavy (non-hydrogen) atoms. The molecular formula is C27H30N2O3. The second-order valence-corrected chi connectivity index (χ2v) is 7.86. The number of nitrogens with zero attached hydrogens (tertiary/aromatic N) is 1. The summed E-state index contributed by atoms with van der Waals surface area (Å²) in [6.45, 7) is 4.22. The van der Waals surface area contributed by atoms with E-state index in [-0.39, 0.29) is 18.4 Å². The van der Waals surface area contributed by atoms with E-state index in [1.807, 2.05) is 92.7 Å². The predicted molar refractivity (Wildman–Crippen MR) is 126 cm³/mol. The SMILES string of the molecule is CNC(=O)[C@@H](Cc1ccccc1)N(Cc1ccccc1)C(=O)COc1ccc(C)c(C)c1. The van der Waals surface area contributed by atoms with Crippen LogP contribution in [0.4, 0.5) is 0 Å². The maximum Gasteiger partial charge on any atom is 0.261 e. The van der Waals surface area contributed by atoms with Gasteiger partial charge in [0.05, 0.1) is 0 Å². The molecule has 3 aromatic carbocycles. The smallest absolute Gasteiger partial charge is 0.261 e. The molecule has 0 aromatic heterocycles. The Balaban J connectivity index is 1.84. The van der Waals surface area contributed by atoms with Gasteiger partial charge in [0.25, 0.3) is 5.91 Å². The molecule has 0 aliphatic heterocycles. The normalized spacial score (nSPS) is 11.5. The van der Waals surface area contributed by atoms with Crippen LogP contribution in [0.2, 0.25) is 0 Å². The molecule has 166 valence electrons. The first-order chi connectivity index (χ1) is 15.5. The maximum atomic E-state index is 13.3. The van der Waals surface area contributed by atoms with E-state index in [9.17, 15) is 9.59 Å². The average Bonchev–Trinajstić information content (AvgIpc) is 2.82. The van der Waals surface area contributed by atoms with E-state index in [0.29, 0.717) is 18.7 Å². The Labute approximate surface area is 190 Å². The van der Waals surface area contributed by atoms with E-state index in [2.05, 4.69) is 5.32 Å². The van der Waals surface area contributed by atoms with Gasteiger partial charge < -0.3 is 15.0 Å². The number of ether oxygens (including phenoxy) is 1. The lowest BCUT2D eigenvalue weighted by atomic mass is 10.0. The van der Waals surface area contributed by atoms with Gasteiger partial charge in [0.1, 0.15) is 11.8 Å². The number of carbonyl (C=O) groups excluding carboxylic acids is 2. The molecule has 0 aliphatic rings. The summed E-state index contributed by atoms with van der Waals surface area (Å²) >= 11 is 0. The van der Waals surface area contributed by atoms with Crippen LogP contribution in [0.3, 0.4) is 0 Å². The van der Waals surface area contributed by atoms with E-state index in [0.717, 1.165) is 22.3 Å². The van der Waals surface area contributed by atoms with Crippen molar-refractivity contribution in [2.75, 3.05) is 13.7 Å². The van der Waals surface area contributed by atoms with Gasteiger partial charge in [0.15, 0.2) is 6.61 Å². The van der Waals surface area contributed by atoms with Crippen molar-refractivity contribution in [3.05, 3.63) is 101 Å². The van der Waals surface area contributed by atoms with Gasteiger partial charge in [-0.25, -0.2) is 0 Å². The number of amides is 2. The molecule has 0 saturated carbocycles. The van der Waals surface area contributed by atoms with E-state index in [4.69, 9.17) is 4.74 Å². The van der Waals surface area contributed by atoms with E-state index >= 15 is 0 Å². The molecule has 0 spiro atoms. The highest BCUT2D eigenvalue weighted by Gasteiger charge is 2.30. The number of benzene rings is 3. The molecule has 0 saturated heterocycles. The van der Waals surface area contributed by atoms with Crippen molar-refractivity contribution in [3.8, 4) is 5.75 Å². The summed E-state index contributed by atoms with van der Waals surface area (Å²) in [5, 5.41) is 2.72. The van der Waals surface area contributed by atoms with Gasteiger partial charge in [0, 0.05) is 20.0 Å². The van der Waals surface area contributed by atoms with Crippen LogP contribution in [0.15, 0.2) is 78.9 Å². The summed E-state index contributed by atoms with van der Waals surface area (Å²) in [6, 6.07) is 24.5. The van der Waals surface area contributed by atoms with Gasteiger partial charge in [-0.15, -0.1) is 0 Å². The highest BCUT2D eigenvalue weighted by atomic mass is 16.5. The van der Waals surface area contributed by atoms with Crippen LogP contribution >= 0.6 is 0 Å². The number of nitrogens with one attached hydrogen (secondary N) is 1. The van der Waals surface area contributed by atoms with Gasteiger partial charge in [-0.1, -0.05) is 66.7 Å². The molecule has 5 heteroatoms. The number of aryl methyl sites for hydroxylation is 2. The molecule has 0 heterocycles. The van der Waals surface area contributed by atoms with Crippen molar-refractivity contribution in [3.63, 3.8) is 0 Å². The standard InChI is InChI=1S/C27H30N2O3/c1-20-14-15-24(16-21(20)2)32-19-26(30)29(18-23-12-8-5-9-13-23)25(27(31)28-3)17-22-10-6-4-7-11-22/h4-16,25H,17-19H2,1-3H3,(H,28,31)/t25-/m1/s1. The van der Waals surface area contributed by atoms with Gasteiger partial charge in [-0.3, -0.25) is 9.59 Å². The van der Waals surface area contributed by atoms with Crippen molar-refractivity contribution in [1.82, 2.24) is 10.2 Å². The third kappa shape index (κ3) is 6.20. The third-order valence-corrected chi connectivity index (χ3v) is 5.55. The van der Waals surface area contributed by atoms with Crippen molar-refractivity contribution in [1.29, 1.82) is 0 Å². The number of hydrogen-bond acceptors (Lipinski definition) is 3. The minimum atomic E-state index is -0.654. The van der Waals surface area contributed by atoms with Crippen molar-refractivity contribution < 1.29 is 14.3 Å². The minimum absolute atomic E-state index is 0.141. The van der Waals surface area contributed by atoms with Gasteiger partial charge >= 0.3 is 0 Å². The first-order valence-electron chi connectivity index (χ1n) is 10.8. The van der Waals surface area contributed by atoms with Crippen LogP contribution < -0.4 is 10.1 Å². The summed E-state index contributed by atoms with van der Waals surface area (Å²) in [5.41, 5.74) is 4.20. The summed E-state index contributed by atoms with van der Waals surface area (Å²) in [4.78, 5) is 27.8. The quantitative estimate of drug-likeness (QED) is 0.557. The topological polar surface area (TPSA) is 58.6 Å². The van der Waals surface area contributed by atoms with Crippen molar-refractivity contribution in [2.24, 2.45) is 0 Å². The van der Waals surface area contributed by atoms with Gasteiger partial charge in [-0.2, -0.15) is 0 Å². The maximum absolute atomic E-state index is 13.3. The first-order valence-corrected chi connectivity index (χ1v) is 10.8. The Hall–Kier alpha value is -3.60. The van der Waals surface area contributed by atoms with Crippen LogP contribution in [-0.4, -0.2) is 36.4 Å². The van der Waals surface area contributed by atoms with Gasteiger partial charge in [0.2, 0.25) is 5.91 Å². The lowest BCUT2D eigenvalue weighted by Gasteiger charge is -2.31. The zero-order valence-corrected chi connectivity index (χ0v) is 18.9. The second kappa shape index (κ2) is 11.1. The number of rotatable bonds is 9. The Morgan fingerprint density at radius 3 is 2.09 bits per heavy atom. The number of hydrogen-bond donors (Lipinski definition) is 1. The van der Waals surface area contributed by atoms with Crippen LogP contribution in [0.5, 0.6) is 5.75 Å². The van der Waals surface area contributed by atoms with E-state index in [1.54, 1.807) is 11.9 Å². The molecule has 3 aromatic rings. The monoisotopic (exact) mass is 430 g/mol. The Morgan fingerprint density at radius 1 is 0.875 bits per heavy atom.